The van der Waals surface area contributed by atoms with Gasteiger partial charge >= 0.3 is 0 Å². The maximum absolute atomic E-state index is 13.1. The number of hydrogen-bond donors (Lipinski definition) is 2. The number of benzene rings is 1. The largest absolute Gasteiger partial charge is 0.396 e. The molecule has 6 heteroatoms. The molecule has 1 heterocycles. The molecule has 0 bridgehead atoms. The van der Waals surface area contributed by atoms with Crippen molar-refractivity contribution in [3.05, 3.63) is 47.5 Å². The Morgan fingerprint density at radius 1 is 1.36 bits per heavy atom. The number of nitrogens with zero attached hydrogens (tertiary/aromatic N) is 2. The van der Waals surface area contributed by atoms with Crippen LogP contribution in [0.15, 0.2) is 30.5 Å². The maximum Gasteiger partial charge on any atom is 0.254 e. The molecule has 1 amide bonds. The molecule has 2 rings (SSSR count). The fraction of sp³-hybridized carbons (Fsp3) is 0.375. The third-order valence-corrected chi connectivity index (χ3v) is 3.29. The molecule has 0 aliphatic carbocycles. The third kappa shape index (κ3) is 3.51. The summed E-state index contributed by atoms with van der Waals surface area (Å²) in [5.41, 5.74) is 1.98. The van der Waals surface area contributed by atoms with Crippen LogP contribution in [0.1, 0.15) is 42.2 Å². The summed E-state index contributed by atoms with van der Waals surface area (Å²) in [6.45, 7) is 4.39. The summed E-state index contributed by atoms with van der Waals surface area (Å²) < 4.78 is 14.7. The fourth-order valence-electron chi connectivity index (χ4n) is 2.25. The Hall–Kier alpha value is -2.21. The molecular formula is C16H20FN3O2. The Morgan fingerprint density at radius 3 is 2.64 bits per heavy atom. The highest BCUT2D eigenvalue weighted by molar-refractivity contribution is 5.95. The van der Waals surface area contributed by atoms with Crippen molar-refractivity contribution in [3.8, 4) is 5.69 Å². The molecule has 118 valence electrons. The summed E-state index contributed by atoms with van der Waals surface area (Å²) in [5.74, 6) is -0.458. The van der Waals surface area contributed by atoms with Crippen LogP contribution in [0.2, 0.25) is 0 Å². The highest BCUT2D eigenvalue weighted by Crippen LogP contribution is 2.23. The smallest absolute Gasteiger partial charge is 0.254 e. The van der Waals surface area contributed by atoms with E-state index in [1.807, 2.05) is 13.8 Å². The molecule has 0 unspecified atom stereocenters. The SMILES string of the molecule is CC(C)c1c(C(=O)NCCCO)cnn1-c1ccc(F)cc1. The molecule has 0 atom stereocenters. The summed E-state index contributed by atoms with van der Waals surface area (Å²) in [5, 5.41) is 15.8. The van der Waals surface area contributed by atoms with E-state index in [1.54, 1.807) is 16.8 Å². The van der Waals surface area contributed by atoms with Gasteiger partial charge in [-0.3, -0.25) is 4.79 Å². The van der Waals surface area contributed by atoms with Crippen LogP contribution in [0.25, 0.3) is 5.69 Å². The van der Waals surface area contributed by atoms with Crippen molar-refractivity contribution >= 4 is 5.91 Å². The van der Waals surface area contributed by atoms with Crippen molar-refractivity contribution in [2.45, 2.75) is 26.2 Å². The first-order valence-electron chi connectivity index (χ1n) is 7.27. The minimum absolute atomic E-state index is 0.0339. The number of halogens is 1. The van der Waals surface area contributed by atoms with Gasteiger partial charge in [-0.15, -0.1) is 0 Å². The number of aliphatic hydroxyl groups excluding tert-OH is 1. The third-order valence-electron chi connectivity index (χ3n) is 3.29. The first-order chi connectivity index (χ1) is 10.5. The molecule has 2 N–H and O–H groups in total. The molecule has 0 aliphatic rings. The van der Waals surface area contributed by atoms with Crippen LogP contribution in [0.5, 0.6) is 0 Å². The number of aliphatic hydroxyl groups is 1. The van der Waals surface area contributed by atoms with Gasteiger partial charge in [0.2, 0.25) is 0 Å². The molecule has 22 heavy (non-hydrogen) atoms. The number of aromatic nitrogens is 2. The van der Waals surface area contributed by atoms with E-state index >= 15 is 0 Å². The van der Waals surface area contributed by atoms with E-state index in [-0.39, 0.29) is 24.2 Å². The van der Waals surface area contributed by atoms with Crippen LogP contribution in [-0.2, 0) is 0 Å². The van der Waals surface area contributed by atoms with Crippen LogP contribution in [-0.4, -0.2) is 33.9 Å². The minimum atomic E-state index is -0.316. The lowest BCUT2D eigenvalue weighted by Gasteiger charge is -2.13. The zero-order chi connectivity index (χ0) is 16.1. The molecule has 0 saturated carbocycles. The van der Waals surface area contributed by atoms with E-state index in [9.17, 15) is 9.18 Å². The van der Waals surface area contributed by atoms with E-state index in [1.165, 1.54) is 18.3 Å². The standard InChI is InChI=1S/C16H20FN3O2/c1-11(2)15-14(16(22)18-8-3-9-21)10-19-20(15)13-6-4-12(17)5-7-13/h4-7,10-11,21H,3,8-9H2,1-2H3,(H,18,22). The quantitative estimate of drug-likeness (QED) is 0.804. The van der Waals surface area contributed by atoms with Gasteiger partial charge in [0.15, 0.2) is 0 Å². The number of rotatable bonds is 6. The summed E-state index contributed by atoms with van der Waals surface area (Å²) in [7, 11) is 0. The Bertz CT molecular complexity index is 635. The van der Waals surface area contributed by atoms with Crippen LogP contribution in [0.4, 0.5) is 4.39 Å². The van der Waals surface area contributed by atoms with Gasteiger partial charge in [0.1, 0.15) is 5.82 Å². The highest BCUT2D eigenvalue weighted by Gasteiger charge is 2.20. The molecular weight excluding hydrogens is 285 g/mol. The molecule has 2 aromatic rings. The van der Waals surface area contributed by atoms with Crippen molar-refractivity contribution in [3.63, 3.8) is 0 Å². The maximum atomic E-state index is 13.1. The Balaban J connectivity index is 2.33. The van der Waals surface area contributed by atoms with E-state index in [0.717, 1.165) is 5.69 Å². The lowest BCUT2D eigenvalue weighted by Crippen LogP contribution is -2.26. The van der Waals surface area contributed by atoms with Crippen LogP contribution in [0.3, 0.4) is 0 Å². The Morgan fingerprint density at radius 2 is 2.05 bits per heavy atom. The van der Waals surface area contributed by atoms with Gasteiger partial charge in [-0.05, 0) is 36.6 Å². The number of hydrogen-bond acceptors (Lipinski definition) is 3. The van der Waals surface area contributed by atoms with Gasteiger partial charge in [-0.1, -0.05) is 13.8 Å². The summed E-state index contributed by atoms with van der Waals surface area (Å²) >= 11 is 0. The molecule has 0 aliphatic heterocycles. The number of carbonyl (C=O) groups is 1. The summed E-state index contributed by atoms with van der Waals surface area (Å²) in [4.78, 5) is 12.2. The average molecular weight is 305 g/mol. The summed E-state index contributed by atoms with van der Waals surface area (Å²) in [6.07, 6.45) is 2.03. The monoisotopic (exact) mass is 305 g/mol. The van der Waals surface area contributed by atoms with Crippen LogP contribution in [0, 0.1) is 5.82 Å². The zero-order valence-electron chi connectivity index (χ0n) is 12.7. The lowest BCUT2D eigenvalue weighted by atomic mass is 10.0. The normalized spacial score (nSPS) is 11.0. The van der Waals surface area contributed by atoms with Crippen molar-refractivity contribution in [1.82, 2.24) is 15.1 Å². The zero-order valence-corrected chi connectivity index (χ0v) is 12.7. The van der Waals surface area contributed by atoms with Gasteiger partial charge in [-0.25, -0.2) is 9.07 Å². The van der Waals surface area contributed by atoms with Gasteiger partial charge in [0.05, 0.1) is 23.1 Å². The fourth-order valence-corrected chi connectivity index (χ4v) is 2.25. The molecule has 0 fully saturated rings. The van der Waals surface area contributed by atoms with E-state index in [2.05, 4.69) is 10.4 Å². The van der Waals surface area contributed by atoms with Crippen molar-refractivity contribution in [1.29, 1.82) is 0 Å². The van der Waals surface area contributed by atoms with Crippen molar-refractivity contribution in [2.24, 2.45) is 0 Å². The molecule has 1 aromatic carbocycles. The average Bonchev–Trinajstić information content (AvgIpc) is 2.93. The first kappa shape index (κ1) is 16.2. The Kier molecular flexibility index (Phi) is 5.27. The van der Waals surface area contributed by atoms with E-state index in [4.69, 9.17) is 5.11 Å². The molecule has 0 radical (unpaired) electrons. The van der Waals surface area contributed by atoms with Crippen molar-refractivity contribution < 1.29 is 14.3 Å². The van der Waals surface area contributed by atoms with Gasteiger partial charge < -0.3 is 10.4 Å². The number of amides is 1. The van der Waals surface area contributed by atoms with E-state index in [0.29, 0.717) is 24.2 Å². The summed E-state index contributed by atoms with van der Waals surface area (Å²) in [6, 6.07) is 5.98. The highest BCUT2D eigenvalue weighted by atomic mass is 19.1. The predicted molar refractivity (Wildman–Crippen MR) is 81.6 cm³/mol. The molecule has 5 nitrogen and oxygen atoms in total. The second kappa shape index (κ2) is 7.17. The van der Waals surface area contributed by atoms with Gasteiger partial charge in [0, 0.05) is 13.2 Å². The van der Waals surface area contributed by atoms with E-state index < -0.39 is 0 Å². The second-order valence-electron chi connectivity index (χ2n) is 5.32. The van der Waals surface area contributed by atoms with Gasteiger partial charge in [0.25, 0.3) is 5.91 Å². The Labute approximate surface area is 128 Å². The minimum Gasteiger partial charge on any atom is -0.396 e. The molecule has 1 aromatic heterocycles. The molecule has 0 spiro atoms. The second-order valence-corrected chi connectivity index (χ2v) is 5.32. The lowest BCUT2D eigenvalue weighted by molar-refractivity contribution is 0.0950. The first-order valence-corrected chi connectivity index (χ1v) is 7.27. The predicted octanol–water partition coefficient (Wildman–Crippen LogP) is 2.25. The van der Waals surface area contributed by atoms with Crippen LogP contribution >= 0.6 is 0 Å². The number of nitrogens with one attached hydrogen (secondary N) is 1. The topological polar surface area (TPSA) is 67.2 Å². The van der Waals surface area contributed by atoms with Gasteiger partial charge in [-0.2, -0.15) is 5.10 Å². The van der Waals surface area contributed by atoms with Crippen LogP contribution < -0.4 is 5.32 Å². The number of carbonyl (C=O) groups excluding carboxylic acids is 1. The van der Waals surface area contributed by atoms with Crippen molar-refractivity contribution in [2.75, 3.05) is 13.2 Å². The molecule has 0 saturated heterocycles.